The van der Waals surface area contributed by atoms with Crippen LogP contribution in [0.4, 0.5) is 11.4 Å². The third-order valence-electron chi connectivity index (χ3n) is 7.90. The van der Waals surface area contributed by atoms with Crippen LogP contribution < -0.4 is 10.6 Å². The highest BCUT2D eigenvalue weighted by Crippen LogP contribution is 2.38. The van der Waals surface area contributed by atoms with Gasteiger partial charge >= 0.3 is 11.9 Å². The minimum atomic E-state index is -0.490. The molecule has 0 saturated heterocycles. The van der Waals surface area contributed by atoms with Gasteiger partial charge in [0.1, 0.15) is 13.2 Å². The monoisotopic (exact) mass is 574 g/mol. The quantitative estimate of drug-likeness (QED) is 0.169. The molecule has 1 aliphatic rings. The van der Waals surface area contributed by atoms with E-state index in [2.05, 4.69) is 23.8 Å². The van der Waals surface area contributed by atoms with Crippen LogP contribution in [-0.4, -0.2) is 48.8 Å². The Morgan fingerprint density at radius 2 is 1.07 bits per heavy atom. The molecule has 0 heterocycles. The Kier molecular flexibility index (Phi) is 10.9. The molecule has 2 aromatic rings. The van der Waals surface area contributed by atoms with E-state index in [0.29, 0.717) is 33.6 Å². The molecule has 8 heteroatoms. The maximum absolute atomic E-state index is 14.0. The van der Waals surface area contributed by atoms with Gasteiger partial charge in [0.25, 0.3) is 0 Å². The minimum Gasteiger partial charge on any atom is -0.460 e. The van der Waals surface area contributed by atoms with Crippen LogP contribution in [0.1, 0.15) is 86.2 Å². The maximum atomic E-state index is 14.0. The number of hydrogen-bond donors (Lipinski definition) is 2. The van der Waals surface area contributed by atoms with Crippen molar-refractivity contribution in [1.82, 2.24) is 0 Å². The number of rotatable bonds is 14. The van der Waals surface area contributed by atoms with Gasteiger partial charge in [-0.15, -0.1) is 0 Å². The average Bonchev–Trinajstić information content (AvgIpc) is 2.98. The molecule has 0 radical (unpaired) electrons. The zero-order chi connectivity index (χ0) is 31.1. The lowest BCUT2D eigenvalue weighted by atomic mass is 9.81. The van der Waals surface area contributed by atoms with Crippen LogP contribution in [-0.2, 0) is 19.1 Å². The van der Waals surface area contributed by atoms with Crippen molar-refractivity contribution in [2.45, 2.75) is 66.5 Å². The van der Waals surface area contributed by atoms with Crippen molar-refractivity contribution in [3.05, 3.63) is 83.0 Å². The van der Waals surface area contributed by atoms with Gasteiger partial charge in [-0.05, 0) is 37.8 Å². The van der Waals surface area contributed by atoms with E-state index >= 15 is 0 Å². The summed E-state index contributed by atoms with van der Waals surface area (Å²) in [7, 11) is 0. The summed E-state index contributed by atoms with van der Waals surface area (Å²) in [5.41, 5.74) is 2.73. The first-order chi connectivity index (χ1) is 19.9. The highest BCUT2D eigenvalue weighted by atomic mass is 16.5. The summed E-state index contributed by atoms with van der Waals surface area (Å²) in [6.45, 7) is 18.7. The van der Waals surface area contributed by atoms with Gasteiger partial charge in [-0.1, -0.05) is 78.0 Å². The van der Waals surface area contributed by atoms with Crippen molar-refractivity contribution < 1.29 is 28.7 Å². The second-order valence-electron chi connectivity index (χ2n) is 11.1. The van der Waals surface area contributed by atoms with E-state index in [1.807, 2.05) is 27.7 Å². The number of fused-ring (bicyclic) bond motifs is 2. The lowest BCUT2D eigenvalue weighted by Crippen LogP contribution is -2.36. The Morgan fingerprint density at radius 1 is 0.714 bits per heavy atom. The third kappa shape index (κ3) is 7.16. The molecule has 0 amide bonds. The van der Waals surface area contributed by atoms with Crippen LogP contribution in [0.3, 0.4) is 0 Å². The zero-order valence-corrected chi connectivity index (χ0v) is 25.5. The number of anilines is 2. The summed E-state index contributed by atoms with van der Waals surface area (Å²) in [6.07, 6.45) is 1.58. The second kappa shape index (κ2) is 14.1. The van der Waals surface area contributed by atoms with Gasteiger partial charge in [-0.3, -0.25) is 9.59 Å². The third-order valence-corrected chi connectivity index (χ3v) is 7.90. The van der Waals surface area contributed by atoms with E-state index in [1.165, 1.54) is 0 Å². The van der Waals surface area contributed by atoms with E-state index in [9.17, 15) is 19.2 Å². The highest BCUT2D eigenvalue weighted by Gasteiger charge is 2.35. The second-order valence-corrected chi connectivity index (χ2v) is 11.1. The van der Waals surface area contributed by atoms with Crippen LogP contribution in [0.5, 0.6) is 0 Å². The average molecular weight is 575 g/mol. The van der Waals surface area contributed by atoms with Crippen molar-refractivity contribution in [2.75, 3.05) is 23.8 Å². The number of benzene rings is 2. The molecule has 0 saturated carbocycles. The maximum Gasteiger partial charge on any atom is 0.333 e. The molecule has 0 aromatic heterocycles. The van der Waals surface area contributed by atoms with E-state index < -0.39 is 11.9 Å². The molecule has 4 atom stereocenters. The standard InChI is InChI=1S/C34H42N2O6/c1-9-21(7)27(17-41-33(39)19(3)4)35-25-15-16-26(36-28(22(8)10-2)18-42-34(40)20(5)6)30-29(25)31(37)23-13-11-12-14-24(23)32(30)38/h11-16,21-22,27-28,35-36H,3,5,9-10,17-18H2,1-2,4,6-8H3. The summed E-state index contributed by atoms with van der Waals surface area (Å²) in [4.78, 5) is 52.2. The fourth-order valence-electron chi connectivity index (χ4n) is 4.71. The van der Waals surface area contributed by atoms with Crippen LogP contribution >= 0.6 is 0 Å². The Balaban J connectivity index is 2.09. The molecule has 1 aliphatic carbocycles. The fraction of sp³-hybridized carbons (Fsp3) is 0.412. The molecule has 42 heavy (non-hydrogen) atoms. The number of ketones is 2. The normalized spacial score (nSPS) is 14.9. The number of ether oxygens (including phenoxy) is 2. The number of carbonyl (C=O) groups excluding carboxylic acids is 4. The Hall–Kier alpha value is -4.20. The molecule has 224 valence electrons. The van der Waals surface area contributed by atoms with E-state index in [4.69, 9.17) is 9.47 Å². The smallest absolute Gasteiger partial charge is 0.333 e. The lowest BCUT2D eigenvalue weighted by Gasteiger charge is -2.31. The molecule has 4 unspecified atom stereocenters. The lowest BCUT2D eigenvalue weighted by molar-refractivity contribution is -0.140. The van der Waals surface area contributed by atoms with Crippen molar-refractivity contribution in [2.24, 2.45) is 11.8 Å². The summed E-state index contributed by atoms with van der Waals surface area (Å²) in [6, 6.07) is 9.67. The summed E-state index contributed by atoms with van der Waals surface area (Å²) < 4.78 is 10.9. The fourth-order valence-corrected chi connectivity index (χ4v) is 4.71. The molecular formula is C34H42N2O6. The summed E-state index contributed by atoms with van der Waals surface area (Å²) in [5.74, 6) is -1.37. The van der Waals surface area contributed by atoms with E-state index in [-0.39, 0.29) is 59.8 Å². The molecule has 0 fully saturated rings. The topological polar surface area (TPSA) is 111 Å². The van der Waals surface area contributed by atoms with Gasteiger partial charge in [-0.2, -0.15) is 0 Å². The van der Waals surface area contributed by atoms with E-state index in [1.54, 1.807) is 50.2 Å². The van der Waals surface area contributed by atoms with Gasteiger partial charge in [0, 0.05) is 33.6 Å². The van der Waals surface area contributed by atoms with Gasteiger partial charge in [-0.25, -0.2) is 9.59 Å². The number of nitrogens with one attached hydrogen (secondary N) is 2. The van der Waals surface area contributed by atoms with Crippen molar-refractivity contribution in [1.29, 1.82) is 0 Å². The summed E-state index contributed by atoms with van der Waals surface area (Å²) in [5, 5.41) is 6.83. The SMILES string of the molecule is C=C(C)C(=O)OCC(Nc1ccc(NC(COC(=O)C(=C)C)C(C)CC)c2c1C(=O)c1ccccc1C2=O)C(C)CC. The van der Waals surface area contributed by atoms with Gasteiger partial charge in [0.15, 0.2) is 11.6 Å². The molecule has 8 nitrogen and oxygen atoms in total. The van der Waals surface area contributed by atoms with E-state index in [0.717, 1.165) is 12.8 Å². The predicted molar refractivity (Wildman–Crippen MR) is 165 cm³/mol. The largest absolute Gasteiger partial charge is 0.460 e. The van der Waals surface area contributed by atoms with Crippen LogP contribution in [0, 0.1) is 11.8 Å². The first-order valence-corrected chi connectivity index (χ1v) is 14.4. The number of esters is 2. The predicted octanol–water partition coefficient (Wildman–Crippen LogP) is 6.35. The van der Waals surface area contributed by atoms with Crippen LogP contribution in [0.15, 0.2) is 60.7 Å². The zero-order valence-electron chi connectivity index (χ0n) is 25.5. The first kappa shape index (κ1) is 32.3. The minimum absolute atomic E-state index is 0.0678. The summed E-state index contributed by atoms with van der Waals surface area (Å²) >= 11 is 0. The molecule has 2 N–H and O–H groups in total. The highest BCUT2D eigenvalue weighted by molar-refractivity contribution is 6.32. The van der Waals surface area contributed by atoms with Crippen LogP contribution in [0.2, 0.25) is 0 Å². The van der Waals surface area contributed by atoms with Gasteiger partial charge in [0.2, 0.25) is 0 Å². The van der Waals surface area contributed by atoms with Crippen LogP contribution in [0.25, 0.3) is 0 Å². The van der Waals surface area contributed by atoms with Gasteiger partial charge < -0.3 is 20.1 Å². The molecule has 0 bridgehead atoms. The number of hydrogen-bond acceptors (Lipinski definition) is 8. The Bertz CT molecular complexity index is 1290. The molecule has 0 aliphatic heterocycles. The van der Waals surface area contributed by atoms with Crippen molar-refractivity contribution in [3.8, 4) is 0 Å². The molecule has 2 aromatic carbocycles. The first-order valence-electron chi connectivity index (χ1n) is 14.4. The Morgan fingerprint density at radius 3 is 1.38 bits per heavy atom. The molecule has 0 spiro atoms. The molecule has 3 rings (SSSR count). The van der Waals surface area contributed by atoms with Crippen molar-refractivity contribution in [3.63, 3.8) is 0 Å². The van der Waals surface area contributed by atoms with Crippen molar-refractivity contribution >= 4 is 34.9 Å². The number of carbonyl (C=O) groups is 4. The Labute approximate surface area is 248 Å². The molecular weight excluding hydrogens is 532 g/mol. The van der Waals surface area contributed by atoms with Gasteiger partial charge in [0.05, 0.1) is 23.2 Å².